The van der Waals surface area contributed by atoms with Crippen LogP contribution in [0.5, 0.6) is 0 Å². The van der Waals surface area contributed by atoms with Gasteiger partial charge >= 0.3 is 0 Å². The highest BCUT2D eigenvalue weighted by Crippen LogP contribution is 2.28. The number of hydrogen-bond acceptors (Lipinski definition) is 1. The summed E-state index contributed by atoms with van der Waals surface area (Å²) in [5.74, 6) is -0.254. The third-order valence-electron chi connectivity index (χ3n) is 2.64. The van der Waals surface area contributed by atoms with E-state index in [0.717, 1.165) is 22.3 Å². The molecule has 0 saturated carbocycles. The van der Waals surface area contributed by atoms with E-state index in [4.69, 9.17) is 16.7 Å². The molecule has 0 aliphatic carbocycles. The van der Waals surface area contributed by atoms with Gasteiger partial charge < -0.3 is 5.11 Å². The van der Waals surface area contributed by atoms with Gasteiger partial charge in [-0.2, -0.15) is 0 Å². The van der Waals surface area contributed by atoms with Crippen LogP contribution in [0.4, 0.5) is 4.39 Å². The molecule has 88 valence electrons. The second-order valence-corrected chi connectivity index (χ2v) is 4.40. The zero-order valence-electron chi connectivity index (χ0n) is 9.37. The smallest absolute Gasteiger partial charge is 0.123 e. The number of benzene rings is 2. The van der Waals surface area contributed by atoms with Crippen LogP contribution in [-0.4, -0.2) is 5.11 Å². The summed E-state index contributed by atoms with van der Waals surface area (Å²) in [6.45, 7) is 1.78. The Morgan fingerprint density at radius 2 is 1.94 bits per heavy atom. The van der Waals surface area contributed by atoms with Gasteiger partial charge in [0.05, 0.1) is 6.61 Å². The molecule has 0 bridgehead atoms. The molecule has 0 atom stereocenters. The van der Waals surface area contributed by atoms with Gasteiger partial charge in [-0.15, -0.1) is 0 Å². The monoisotopic (exact) mass is 250 g/mol. The van der Waals surface area contributed by atoms with Crippen molar-refractivity contribution in [1.29, 1.82) is 0 Å². The first-order valence-corrected chi connectivity index (χ1v) is 5.65. The zero-order chi connectivity index (χ0) is 12.4. The molecule has 1 N–H and O–H groups in total. The first-order chi connectivity index (χ1) is 8.10. The Labute approximate surface area is 104 Å². The minimum Gasteiger partial charge on any atom is -0.392 e. The molecule has 0 saturated heterocycles. The number of hydrogen-bond donors (Lipinski definition) is 1. The lowest BCUT2D eigenvalue weighted by molar-refractivity contribution is 0.282. The van der Waals surface area contributed by atoms with Crippen molar-refractivity contribution in [3.8, 4) is 11.1 Å². The van der Waals surface area contributed by atoms with Gasteiger partial charge in [-0.25, -0.2) is 4.39 Å². The quantitative estimate of drug-likeness (QED) is 0.856. The summed E-state index contributed by atoms with van der Waals surface area (Å²) in [6, 6.07) is 9.99. The molecule has 2 rings (SSSR count). The molecule has 0 heterocycles. The summed E-state index contributed by atoms with van der Waals surface area (Å²) >= 11 is 5.98. The van der Waals surface area contributed by atoms with E-state index < -0.39 is 0 Å². The topological polar surface area (TPSA) is 20.2 Å². The second-order valence-electron chi connectivity index (χ2n) is 3.97. The van der Waals surface area contributed by atoms with E-state index in [9.17, 15) is 4.39 Å². The van der Waals surface area contributed by atoms with Crippen molar-refractivity contribution in [1.82, 2.24) is 0 Å². The predicted molar refractivity (Wildman–Crippen MR) is 67.5 cm³/mol. The molecule has 2 aromatic carbocycles. The Kier molecular flexibility index (Phi) is 3.46. The molecular weight excluding hydrogens is 239 g/mol. The van der Waals surface area contributed by atoms with Gasteiger partial charge in [0.2, 0.25) is 0 Å². The Morgan fingerprint density at radius 1 is 1.18 bits per heavy atom. The average molecular weight is 251 g/mol. The normalized spacial score (nSPS) is 10.6. The summed E-state index contributed by atoms with van der Waals surface area (Å²) in [4.78, 5) is 0. The molecule has 0 aliphatic rings. The Morgan fingerprint density at radius 3 is 2.59 bits per heavy atom. The molecule has 0 spiro atoms. The fourth-order valence-electron chi connectivity index (χ4n) is 1.85. The van der Waals surface area contributed by atoms with Crippen LogP contribution in [0, 0.1) is 12.7 Å². The van der Waals surface area contributed by atoms with E-state index in [-0.39, 0.29) is 12.4 Å². The Bertz CT molecular complexity index is 552. The molecule has 0 radical (unpaired) electrons. The molecule has 0 unspecified atom stereocenters. The fourth-order valence-corrected chi connectivity index (χ4v) is 2.11. The number of rotatable bonds is 2. The number of aliphatic hydroxyl groups is 1. The Balaban J connectivity index is 2.55. The fraction of sp³-hybridized carbons (Fsp3) is 0.143. The predicted octanol–water partition coefficient (Wildman–Crippen LogP) is 3.95. The number of aryl methyl sites for hydroxylation is 1. The molecule has 3 heteroatoms. The summed E-state index contributed by atoms with van der Waals surface area (Å²) < 4.78 is 13.0. The zero-order valence-corrected chi connectivity index (χ0v) is 10.1. The summed E-state index contributed by atoms with van der Waals surface area (Å²) in [6.07, 6.45) is 0. The highest BCUT2D eigenvalue weighted by molar-refractivity contribution is 6.31. The van der Waals surface area contributed by atoms with Crippen LogP contribution in [0.3, 0.4) is 0 Å². The molecule has 0 amide bonds. The van der Waals surface area contributed by atoms with Crippen LogP contribution in [0.15, 0.2) is 36.4 Å². The van der Waals surface area contributed by atoms with E-state index in [1.165, 1.54) is 12.1 Å². The minimum absolute atomic E-state index is 0.0617. The standard InChI is InChI=1S/C14H12ClFO/c1-9-4-13(16)2-3-14(9)11-5-10(8-17)6-12(15)7-11/h2-7,17H,8H2,1H3. The average Bonchev–Trinajstić information content (AvgIpc) is 2.28. The SMILES string of the molecule is Cc1cc(F)ccc1-c1cc(Cl)cc(CO)c1. The maximum absolute atomic E-state index is 13.0. The maximum atomic E-state index is 13.0. The van der Waals surface area contributed by atoms with Crippen LogP contribution in [0.1, 0.15) is 11.1 Å². The maximum Gasteiger partial charge on any atom is 0.123 e. The van der Waals surface area contributed by atoms with Crippen molar-refractivity contribution >= 4 is 11.6 Å². The van der Waals surface area contributed by atoms with Crippen LogP contribution in [0.2, 0.25) is 5.02 Å². The third kappa shape index (κ3) is 2.65. The first-order valence-electron chi connectivity index (χ1n) is 5.27. The van der Waals surface area contributed by atoms with Crippen molar-refractivity contribution in [2.24, 2.45) is 0 Å². The highest BCUT2D eigenvalue weighted by Gasteiger charge is 2.05. The van der Waals surface area contributed by atoms with Crippen molar-refractivity contribution in [3.63, 3.8) is 0 Å². The van der Waals surface area contributed by atoms with Gasteiger partial charge in [0.1, 0.15) is 5.82 Å². The molecule has 0 aliphatic heterocycles. The summed E-state index contributed by atoms with van der Waals surface area (Å²) in [7, 11) is 0. The van der Waals surface area contributed by atoms with Crippen LogP contribution >= 0.6 is 11.6 Å². The van der Waals surface area contributed by atoms with Crippen LogP contribution < -0.4 is 0 Å². The van der Waals surface area contributed by atoms with Crippen molar-refractivity contribution in [3.05, 3.63) is 58.4 Å². The van der Waals surface area contributed by atoms with E-state index in [1.54, 1.807) is 18.2 Å². The van der Waals surface area contributed by atoms with Crippen molar-refractivity contribution in [2.75, 3.05) is 0 Å². The van der Waals surface area contributed by atoms with Gasteiger partial charge in [-0.3, -0.25) is 0 Å². The van der Waals surface area contributed by atoms with Crippen LogP contribution in [0.25, 0.3) is 11.1 Å². The lowest BCUT2D eigenvalue weighted by atomic mass is 9.99. The van der Waals surface area contributed by atoms with Gasteiger partial charge in [-0.1, -0.05) is 17.7 Å². The summed E-state index contributed by atoms with van der Waals surface area (Å²) in [5.41, 5.74) is 3.40. The molecule has 0 aromatic heterocycles. The molecule has 17 heavy (non-hydrogen) atoms. The Hall–Kier alpha value is -1.38. The van der Waals surface area contributed by atoms with Gasteiger partial charge in [0, 0.05) is 5.02 Å². The second kappa shape index (κ2) is 4.86. The number of halogens is 2. The van der Waals surface area contributed by atoms with E-state index >= 15 is 0 Å². The van der Waals surface area contributed by atoms with Crippen LogP contribution in [-0.2, 0) is 6.61 Å². The third-order valence-corrected chi connectivity index (χ3v) is 2.86. The largest absolute Gasteiger partial charge is 0.392 e. The lowest BCUT2D eigenvalue weighted by Gasteiger charge is -2.08. The molecular formula is C14H12ClFO. The van der Waals surface area contributed by atoms with Crippen molar-refractivity contribution < 1.29 is 9.50 Å². The van der Waals surface area contributed by atoms with E-state index in [2.05, 4.69) is 0 Å². The van der Waals surface area contributed by atoms with Gasteiger partial charge in [-0.05, 0) is 59.5 Å². The van der Waals surface area contributed by atoms with Gasteiger partial charge in [0.15, 0.2) is 0 Å². The minimum atomic E-state index is -0.254. The molecule has 2 aromatic rings. The highest BCUT2D eigenvalue weighted by atomic mass is 35.5. The molecule has 0 fully saturated rings. The van der Waals surface area contributed by atoms with E-state index in [1.807, 2.05) is 13.0 Å². The lowest BCUT2D eigenvalue weighted by Crippen LogP contribution is -1.89. The van der Waals surface area contributed by atoms with Gasteiger partial charge in [0.25, 0.3) is 0 Å². The van der Waals surface area contributed by atoms with E-state index in [0.29, 0.717) is 5.02 Å². The number of aliphatic hydroxyl groups excluding tert-OH is 1. The molecule has 1 nitrogen and oxygen atoms in total. The van der Waals surface area contributed by atoms with Crippen molar-refractivity contribution in [2.45, 2.75) is 13.5 Å². The summed E-state index contributed by atoms with van der Waals surface area (Å²) in [5, 5.41) is 9.69. The first kappa shape index (κ1) is 12.1.